The zero-order valence-electron chi connectivity index (χ0n) is 16.4. The minimum atomic E-state index is -0.624. The maximum Gasteiger partial charge on any atom is 0.313 e. The molecule has 1 fully saturated rings. The van der Waals surface area contributed by atoms with Crippen LogP contribution in [-0.4, -0.2) is 36.4 Å². The van der Waals surface area contributed by atoms with Crippen molar-refractivity contribution in [1.29, 1.82) is 0 Å². The Labute approximate surface area is 173 Å². The van der Waals surface area contributed by atoms with Crippen LogP contribution in [0.5, 0.6) is 0 Å². The van der Waals surface area contributed by atoms with E-state index in [1.54, 1.807) is 23.5 Å². The number of para-hydroxylation sites is 1. The molecule has 2 amide bonds. The number of aromatic nitrogens is 1. The molecule has 0 aliphatic carbocycles. The lowest BCUT2D eigenvalue weighted by atomic mass is 9.97. The number of hydrogen-bond acceptors (Lipinski definition) is 5. The topological polar surface area (TPSA) is 74.3 Å². The highest BCUT2D eigenvalue weighted by Gasteiger charge is 2.23. The Morgan fingerprint density at radius 3 is 2.52 bits per heavy atom. The molecule has 2 N–H and O–H groups in total. The normalized spacial score (nSPS) is 14.7. The van der Waals surface area contributed by atoms with E-state index in [9.17, 15) is 9.59 Å². The molecule has 2 aromatic carbocycles. The molecule has 0 saturated carbocycles. The van der Waals surface area contributed by atoms with E-state index in [1.165, 1.54) is 4.70 Å². The number of rotatable bonds is 4. The van der Waals surface area contributed by atoms with Gasteiger partial charge in [-0.1, -0.05) is 41.2 Å². The van der Waals surface area contributed by atoms with E-state index in [2.05, 4.69) is 21.6 Å². The van der Waals surface area contributed by atoms with Crippen LogP contribution in [0.4, 0.5) is 10.8 Å². The molecule has 1 aromatic heterocycles. The summed E-state index contributed by atoms with van der Waals surface area (Å²) in [5, 5.41) is 6.47. The summed E-state index contributed by atoms with van der Waals surface area (Å²) in [5.74, 6) is -0.836. The molecule has 0 radical (unpaired) electrons. The Hall–Kier alpha value is -2.93. The Balaban J connectivity index is 1.23. The van der Waals surface area contributed by atoms with Crippen LogP contribution in [0.3, 0.4) is 0 Å². The summed E-state index contributed by atoms with van der Waals surface area (Å²) in [4.78, 5) is 31.2. The van der Waals surface area contributed by atoms with Crippen LogP contribution in [-0.2, 0) is 9.59 Å². The van der Waals surface area contributed by atoms with Crippen molar-refractivity contribution in [1.82, 2.24) is 10.3 Å². The molecule has 150 valence electrons. The molecule has 6 nitrogen and oxygen atoms in total. The van der Waals surface area contributed by atoms with Gasteiger partial charge in [-0.3, -0.25) is 9.59 Å². The molecular weight excluding hydrogens is 384 g/mol. The monoisotopic (exact) mass is 408 g/mol. The second-order valence-electron chi connectivity index (χ2n) is 7.42. The van der Waals surface area contributed by atoms with Crippen molar-refractivity contribution in [2.24, 2.45) is 5.92 Å². The van der Waals surface area contributed by atoms with Crippen molar-refractivity contribution in [2.45, 2.75) is 19.8 Å². The highest BCUT2D eigenvalue weighted by molar-refractivity contribution is 7.22. The SMILES string of the molecule is Cc1ccc(NC(=O)C(=O)NCC2CCN(c3nc4ccccc4s3)CC2)cc1. The number of anilines is 2. The molecule has 29 heavy (non-hydrogen) atoms. The van der Waals surface area contributed by atoms with E-state index in [-0.39, 0.29) is 0 Å². The maximum atomic E-state index is 12.1. The van der Waals surface area contributed by atoms with Crippen molar-refractivity contribution in [3.63, 3.8) is 0 Å². The predicted molar refractivity (Wildman–Crippen MR) is 117 cm³/mol. The van der Waals surface area contributed by atoms with Gasteiger partial charge in [-0.25, -0.2) is 4.98 Å². The van der Waals surface area contributed by atoms with Crippen LogP contribution in [0.1, 0.15) is 18.4 Å². The van der Waals surface area contributed by atoms with Gasteiger partial charge in [0.2, 0.25) is 0 Å². The lowest BCUT2D eigenvalue weighted by Crippen LogP contribution is -2.41. The molecule has 2 heterocycles. The molecule has 1 saturated heterocycles. The number of thiazole rings is 1. The van der Waals surface area contributed by atoms with Gasteiger partial charge in [-0.2, -0.15) is 0 Å². The van der Waals surface area contributed by atoms with Gasteiger partial charge in [0, 0.05) is 25.3 Å². The first-order valence-electron chi connectivity index (χ1n) is 9.85. The first-order chi connectivity index (χ1) is 14.1. The molecule has 0 unspecified atom stereocenters. The van der Waals surface area contributed by atoms with Crippen molar-refractivity contribution in [3.05, 3.63) is 54.1 Å². The summed E-state index contributed by atoms with van der Waals surface area (Å²) in [6.07, 6.45) is 1.94. The number of hydrogen-bond donors (Lipinski definition) is 2. The van der Waals surface area contributed by atoms with E-state index in [0.29, 0.717) is 18.2 Å². The number of piperidine rings is 1. The minimum absolute atomic E-state index is 0.372. The molecule has 0 spiro atoms. The number of nitrogens with zero attached hydrogens (tertiary/aromatic N) is 2. The molecule has 1 aliphatic rings. The van der Waals surface area contributed by atoms with Crippen molar-refractivity contribution in [2.75, 3.05) is 29.9 Å². The van der Waals surface area contributed by atoms with E-state index in [0.717, 1.165) is 42.1 Å². The highest BCUT2D eigenvalue weighted by Crippen LogP contribution is 2.31. The molecule has 3 aromatic rings. The smallest absolute Gasteiger partial charge is 0.313 e. The van der Waals surface area contributed by atoms with E-state index in [4.69, 9.17) is 4.98 Å². The van der Waals surface area contributed by atoms with Crippen LogP contribution in [0.15, 0.2) is 48.5 Å². The van der Waals surface area contributed by atoms with Gasteiger partial charge >= 0.3 is 11.8 Å². The predicted octanol–water partition coefficient (Wildman–Crippen LogP) is 3.58. The largest absolute Gasteiger partial charge is 0.348 e. The number of aryl methyl sites for hydroxylation is 1. The number of fused-ring (bicyclic) bond motifs is 1. The Kier molecular flexibility index (Phi) is 5.76. The lowest BCUT2D eigenvalue weighted by molar-refractivity contribution is -0.136. The van der Waals surface area contributed by atoms with Gasteiger partial charge in [-0.15, -0.1) is 0 Å². The Morgan fingerprint density at radius 1 is 1.07 bits per heavy atom. The molecular formula is C22H24N4O2S. The second kappa shape index (κ2) is 8.61. The minimum Gasteiger partial charge on any atom is -0.348 e. The molecule has 0 bridgehead atoms. The first-order valence-corrected chi connectivity index (χ1v) is 10.7. The van der Waals surface area contributed by atoms with Crippen LogP contribution < -0.4 is 15.5 Å². The second-order valence-corrected chi connectivity index (χ2v) is 8.43. The molecule has 1 aliphatic heterocycles. The maximum absolute atomic E-state index is 12.1. The van der Waals surface area contributed by atoms with Gasteiger partial charge < -0.3 is 15.5 Å². The third-order valence-electron chi connectivity index (χ3n) is 5.23. The van der Waals surface area contributed by atoms with Gasteiger partial charge in [0.1, 0.15) is 0 Å². The van der Waals surface area contributed by atoms with E-state index in [1.807, 2.05) is 37.3 Å². The fraction of sp³-hybridized carbons (Fsp3) is 0.318. The fourth-order valence-corrected chi connectivity index (χ4v) is 4.48. The van der Waals surface area contributed by atoms with E-state index >= 15 is 0 Å². The number of carbonyl (C=O) groups excluding carboxylic acids is 2. The summed E-state index contributed by atoms with van der Waals surface area (Å²) in [5.41, 5.74) is 2.77. The number of benzene rings is 2. The fourth-order valence-electron chi connectivity index (χ4n) is 3.47. The third kappa shape index (κ3) is 4.74. The van der Waals surface area contributed by atoms with E-state index < -0.39 is 11.8 Å². The average Bonchev–Trinajstić information content (AvgIpc) is 3.18. The molecule has 0 atom stereocenters. The number of nitrogens with one attached hydrogen (secondary N) is 2. The summed E-state index contributed by atoms with van der Waals surface area (Å²) < 4.78 is 1.21. The zero-order valence-corrected chi connectivity index (χ0v) is 17.2. The average molecular weight is 409 g/mol. The van der Waals surface area contributed by atoms with Gasteiger partial charge in [0.15, 0.2) is 5.13 Å². The van der Waals surface area contributed by atoms with Gasteiger partial charge in [0.25, 0.3) is 0 Å². The standard InChI is InChI=1S/C22H24N4O2S/c1-15-6-8-17(9-7-15)24-21(28)20(27)23-14-16-10-12-26(13-11-16)22-25-18-4-2-3-5-19(18)29-22/h2-9,16H,10-14H2,1H3,(H,23,27)(H,24,28). The Bertz CT molecular complexity index is 974. The van der Waals surface area contributed by atoms with Crippen LogP contribution >= 0.6 is 11.3 Å². The lowest BCUT2D eigenvalue weighted by Gasteiger charge is -2.31. The highest BCUT2D eigenvalue weighted by atomic mass is 32.1. The van der Waals surface area contributed by atoms with Crippen molar-refractivity contribution >= 4 is 44.2 Å². The van der Waals surface area contributed by atoms with Crippen molar-refractivity contribution < 1.29 is 9.59 Å². The quantitative estimate of drug-likeness (QED) is 0.647. The zero-order chi connectivity index (χ0) is 20.2. The van der Waals surface area contributed by atoms with Crippen LogP contribution in [0, 0.1) is 12.8 Å². The Morgan fingerprint density at radius 2 is 1.79 bits per heavy atom. The van der Waals surface area contributed by atoms with Crippen LogP contribution in [0.2, 0.25) is 0 Å². The number of carbonyl (C=O) groups is 2. The summed E-state index contributed by atoms with van der Waals surface area (Å²) >= 11 is 1.72. The summed E-state index contributed by atoms with van der Waals surface area (Å²) in [7, 11) is 0. The van der Waals surface area contributed by atoms with Crippen LogP contribution in [0.25, 0.3) is 10.2 Å². The third-order valence-corrected chi connectivity index (χ3v) is 6.33. The summed E-state index contributed by atoms with van der Waals surface area (Å²) in [6.45, 7) is 4.32. The van der Waals surface area contributed by atoms with Crippen molar-refractivity contribution in [3.8, 4) is 0 Å². The number of amides is 2. The first kappa shape index (κ1) is 19.4. The summed E-state index contributed by atoms with van der Waals surface area (Å²) in [6, 6.07) is 15.6. The molecule has 7 heteroatoms. The van der Waals surface area contributed by atoms with Gasteiger partial charge in [-0.05, 0) is 49.9 Å². The van der Waals surface area contributed by atoms with Gasteiger partial charge in [0.05, 0.1) is 10.2 Å². The molecule has 4 rings (SSSR count).